The Balaban J connectivity index is 2.11. The van der Waals surface area contributed by atoms with Gasteiger partial charge in [0.1, 0.15) is 12.2 Å². The van der Waals surface area contributed by atoms with Crippen molar-refractivity contribution in [3.05, 3.63) is 24.0 Å². The fraction of sp³-hybridized carbons (Fsp3) is 0.538. The van der Waals surface area contributed by atoms with Gasteiger partial charge in [0.05, 0.1) is 11.8 Å². The second-order valence-electron chi connectivity index (χ2n) is 4.40. The SMILES string of the molecule is CC1CCCCC1Oc1cnccc1C#N. The van der Waals surface area contributed by atoms with Crippen LogP contribution in [0.25, 0.3) is 0 Å². The van der Waals surface area contributed by atoms with Gasteiger partial charge in [0, 0.05) is 6.20 Å². The van der Waals surface area contributed by atoms with Crippen molar-refractivity contribution in [2.75, 3.05) is 0 Å². The molecule has 1 heterocycles. The number of ether oxygens (including phenoxy) is 1. The maximum Gasteiger partial charge on any atom is 0.155 e. The fourth-order valence-corrected chi connectivity index (χ4v) is 2.19. The van der Waals surface area contributed by atoms with Gasteiger partial charge in [0.25, 0.3) is 0 Å². The zero-order chi connectivity index (χ0) is 11.4. The van der Waals surface area contributed by atoms with Gasteiger partial charge in [-0.1, -0.05) is 13.3 Å². The predicted molar refractivity (Wildman–Crippen MR) is 61.0 cm³/mol. The number of hydrogen-bond donors (Lipinski definition) is 0. The van der Waals surface area contributed by atoms with E-state index in [1.165, 1.54) is 19.3 Å². The van der Waals surface area contributed by atoms with Crippen molar-refractivity contribution in [1.29, 1.82) is 5.26 Å². The van der Waals surface area contributed by atoms with Crippen molar-refractivity contribution in [3.8, 4) is 11.8 Å². The van der Waals surface area contributed by atoms with Crippen LogP contribution in [0.1, 0.15) is 38.2 Å². The summed E-state index contributed by atoms with van der Waals surface area (Å²) in [5.74, 6) is 1.20. The number of rotatable bonds is 2. The summed E-state index contributed by atoms with van der Waals surface area (Å²) in [6, 6.07) is 3.83. The van der Waals surface area contributed by atoms with Gasteiger partial charge in [-0.05, 0) is 31.2 Å². The first-order chi connectivity index (χ1) is 7.81. The molecule has 0 aliphatic heterocycles. The van der Waals surface area contributed by atoms with Gasteiger partial charge >= 0.3 is 0 Å². The van der Waals surface area contributed by atoms with E-state index in [1.54, 1.807) is 18.5 Å². The minimum atomic E-state index is 0.241. The molecule has 1 aromatic heterocycles. The number of aromatic nitrogens is 1. The van der Waals surface area contributed by atoms with E-state index in [0.717, 1.165) is 6.42 Å². The van der Waals surface area contributed by atoms with Crippen LogP contribution in [0.3, 0.4) is 0 Å². The van der Waals surface area contributed by atoms with E-state index in [-0.39, 0.29) is 6.10 Å². The molecule has 3 nitrogen and oxygen atoms in total. The van der Waals surface area contributed by atoms with Crippen LogP contribution in [-0.4, -0.2) is 11.1 Å². The number of nitrogens with zero attached hydrogens (tertiary/aromatic N) is 2. The molecule has 0 spiro atoms. The summed E-state index contributed by atoms with van der Waals surface area (Å²) in [4.78, 5) is 4.01. The van der Waals surface area contributed by atoms with E-state index < -0.39 is 0 Å². The molecule has 0 aromatic carbocycles. The van der Waals surface area contributed by atoms with Crippen LogP contribution in [0.2, 0.25) is 0 Å². The van der Waals surface area contributed by atoms with E-state index in [0.29, 0.717) is 17.2 Å². The molecule has 1 aliphatic carbocycles. The number of hydrogen-bond acceptors (Lipinski definition) is 3. The van der Waals surface area contributed by atoms with Crippen LogP contribution in [0.5, 0.6) is 5.75 Å². The largest absolute Gasteiger partial charge is 0.487 e. The molecule has 0 radical (unpaired) electrons. The quantitative estimate of drug-likeness (QED) is 0.763. The lowest BCUT2D eigenvalue weighted by Gasteiger charge is -2.29. The molecule has 1 aromatic rings. The van der Waals surface area contributed by atoms with Crippen molar-refractivity contribution in [2.45, 2.75) is 38.7 Å². The second-order valence-corrected chi connectivity index (χ2v) is 4.40. The zero-order valence-electron chi connectivity index (χ0n) is 9.52. The Labute approximate surface area is 96.1 Å². The molecule has 84 valence electrons. The smallest absolute Gasteiger partial charge is 0.155 e. The highest BCUT2D eigenvalue weighted by atomic mass is 16.5. The third kappa shape index (κ3) is 2.33. The molecule has 3 heteroatoms. The zero-order valence-corrected chi connectivity index (χ0v) is 9.52. The molecule has 1 fully saturated rings. The van der Waals surface area contributed by atoms with E-state index in [1.807, 2.05) is 0 Å². The van der Waals surface area contributed by atoms with E-state index in [2.05, 4.69) is 18.0 Å². The molecule has 16 heavy (non-hydrogen) atoms. The minimum absolute atomic E-state index is 0.241. The molecule has 2 unspecified atom stereocenters. The molecule has 1 saturated carbocycles. The highest BCUT2D eigenvalue weighted by molar-refractivity contribution is 5.40. The van der Waals surface area contributed by atoms with Gasteiger partial charge in [0.15, 0.2) is 5.75 Å². The molecular formula is C13H16N2O. The predicted octanol–water partition coefficient (Wildman–Crippen LogP) is 2.91. The van der Waals surface area contributed by atoms with Crippen LogP contribution in [0.15, 0.2) is 18.5 Å². The third-order valence-electron chi connectivity index (χ3n) is 3.22. The average Bonchev–Trinajstić information content (AvgIpc) is 2.33. The summed E-state index contributed by atoms with van der Waals surface area (Å²) < 4.78 is 5.90. The van der Waals surface area contributed by atoms with E-state index in [9.17, 15) is 0 Å². The molecule has 0 N–H and O–H groups in total. The summed E-state index contributed by atoms with van der Waals surface area (Å²) in [6.07, 6.45) is 8.31. The standard InChI is InChI=1S/C13H16N2O/c1-10-4-2-3-5-12(10)16-13-9-15-7-6-11(13)8-14/h6-7,9-10,12H,2-5H2,1H3. The molecule has 0 amide bonds. The van der Waals surface area contributed by atoms with Crippen LogP contribution in [-0.2, 0) is 0 Å². The first-order valence-electron chi connectivity index (χ1n) is 5.82. The Morgan fingerprint density at radius 1 is 1.44 bits per heavy atom. The van der Waals surface area contributed by atoms with Crippen molar-refractivity contribution < 1.29 is 4.74 Å². The Morgan fingerprint density at radius 3 is 3.00 bits per heavy atom. The fourth-order valence-electron chi connectivity index (χ4n) is 2.19. The second kappa shape index (κ2) is 4.98. The van der Waals surface area contributed by atoms with Crippen LogP contribution in [0.4, 0.5) is 0 Å². The Kier molecular flexibility index (Phi) is 3.40. The van der Waals surface area contributed by atoms with Crippen LogP contribution in [0, 0.1) is 17.2 Å². The number of nitriles is 1. The Morgan fingerprint density at radius 2 is 2.25 bits per heavy atom. The third-order valence-corrected chi connectivity index (χ3v) is 3.22. The maximum absolute atomic E-state index is 8.96. The molecular weight excluding hydrogens is 200 g/mol. The summed E-state index contributed by atoms with van der Waals surface area (Å²) >= 11 is 0. The van der Waals surface area contributed by atoms with Crippen molar-refractivity contribution in [2.24, 2.45) is 5.92 Å². The minimum Gasteiger partial charge on any atom is -0.487 e. The summed E-state index contributed by atoms with van der Waals surface area (Å²) in [6.45, 7) is 2.21. The summed E-state index contributed by atoms with van der Waals surface area (Å²) in [5, 5.41) is 8.96. The van der Waals surface area contributed by atoms with Crippen molar-refractivity contribution in [3.63, 3.8) is 0 Å². The first-order valence-corrected chi connectivity index (χ1v) is 5.82. The molecule has 0 saturated heterocycles. The molecule has 0 bridgehead atoms. The molecule has 2 rings (SSSR count). The van der Waals surface area contributed by atoms with Gasteiger partial charge < -0.3 is 4.74 Å². The van der Waals surface area contributed by atoms with Gasteiger partial charge in [-0.3, -0.25) is 4.98 Å². The van der Waals surface area contributed by atoms with Gasteiger partial charge in [-0.2, -0.15) is 5.26 Å². The first kappa shape index (κ1) is 10.9. The highest BCUT2D eigenvalue weighted by Crippen LogP contribution is 2.28. The summed E-state index contributed by atoms with van der Waals surface area (Å²) in [5.41, 5.74) is 0.577. The van der Waals surface area contributed by atoms with Crippen molar-refractivity contribution in [1.82, 2.24) is 4.98 Å². The molecule has 2 atom stereocenters. The molecule has 1 aliphatic rings. The van der Waals surface area contributed by atoms with Crippen molar-refractivity contribution >= 4 is 0 Å². The van der Waals surface area contributed by atoms with Crippen LogP contribution >= 0.6 is 0 Å². The normalized spacial score (nSPS) is 24.8. The monoisotopic (exact) mass is 216 g/mol. The maximum atomic E-state index is 8.96. The van der Waals surface area contributed by atoms with Crippen LogP contribution < -0.4 is 4.74 Å². The average molecular weight is 216 g/mol. The Bertz CT molecular complexity index is 397. The van der Waals surface area contributed by atoms with Gasteiger partial charge in [0.2, 0.25) is 0 Å². The number of pyridine rings is 1. The topological polar surface area (TPSA) is 45.9 Å². The lowest BCUT2D eigenvalue weighted by molar-refractivity contribution is 0.102. The Hall–Kier alpha value is -1.56. The highest BCUT2D eigenvalue weighted by Gasteiger charge is 2.23. The summed E-state index contributed by atoms with van der Waals surface area (Å²) in [7, 11) is 0. The van der Waals surface area contributed by atoms with Gasteiger partial charge in [-0.25, -0.2) is 0 Å². The van der Waals surface area contributed by atoms with E-state index >= 15 is 0 Å². The lowest BCUT2D eigenvalue weighted by Crippen LogP contribution is -2.28. The van der Waals surface area contributed by atoms with E-state index in [4.69, 9.17) is 10.00 Å². The van der Waals surface area contributed by atoms with Gasteiger partial charge in [-0.15, -0.1) is 0 Å². The lowest BCUT2D eigenvalue weighted by atomic mass is 9.88.